The number of piperidine rings is 1. The molecule has 1 aromatic heterocycles. The molecule has 0 unspecified atom stereocenters. The summed E-state index contributed by atoms with van der Waals surface area (Å²) in [7, 11) is 0. The average molecular weight is 271 g/mol. The highest BCUT2D eigenvalue weighted by molar-refractivity contribution is 5.97. The summed E-state index contributed by atoms with van der Waals surface area (Å²) in [6, 6.07) is 7.67. The number of nitrogens with zero attached hydrogens (tertiary/aromatic N) is 3. The van der Waals surface area contributed by atoms with E-state index in [2.05, 4.69) is 20.8 Å². The summed E-state index contributed by atoms with van der Waals surface area (Å²) in [5.41, 5.74) is 1.43. The fraction of sp³-hybridized carbons (Fsp3) is 0.357. The van der Waals surface area contributed by atoms with Crippen LogP contribution >= 0.6 is 0 Å². The van der Waals surface area contributed by atoms with Crippen LogP contribution in [-0.4, -0.2) is 39.8 Å². The van der Waals surface area contributed by atoms with Crippen molar-refractivity contribution < 1.29 is 4.79 Å². The highest BCUT2D eigenvalue weighted by Gasteiger charge is 2.18. The average Bonchev–Trinajstić information content (AvgIpc) is 3.02. The van der Waals surface area contributed by atoms with E-state index in [1.807, 2.05) is 24.3 Å². The van der Waals surface area contributed by atoms with E-state index in [9.17, 15) is 4.79 Å². The van der Waals surface area contributed by atoms with Crippen molar-refractivity contribution >= 4 is 5.91 Å². The summed E-state index contributed by atoms with van der Waals surface area (Å²) in [5, 5.41) is 13.9. The lowest BCUT2D eigenvalue weighted by atomic mass is 10.1. The van der Waals surface area contributed by atoms with Gasteiger partial charge in [0.15, 0.2) is 0 Å². The molecule has 1 fully saturated rings. The van der Waals surface area contributed by atoms with Gasteiger partial charge in [-0.25, -0.2) is 0 Å². The summed E-state index contributed by atoms with van der Waals surface area (Å²) >= 11 is 0. The number of hydrogen-bond acceptors (Lipinski definition) is 4. The third-order valence-electron chi connectivity index (χ3n) is 3.48. The minimum absolute atomic E-state index is 0.0528. The van der Waals surface area contributed by atoms with Gasteiger partial charge in [-0.2, -0.15) is 0 Å². The van der Waals surface area contributed by atoms with Crippen LogP contribution in [0.4, 0.5) is 0 Å². The molecule has 1 amide bonds. The number of carbonyl (C=O) groups is 1. The molecule has 2 aromatic rings. The number of hydrogen-bond donors (Lipinski definition) is 2. The molecule has 2 heterocycles. The summed E-state index contributed by atoms with van der Waals surface area (Å²) in [6.07, 6.45) is 5.30. The monoisotopic (exact) mass is 271 g/mol. The van der Waals surface area contributed by atoms with Gasteiger partial charge >= 0.3 is 0 Å². The smallest absolute Gasteiger partial charge is 0.253 e. The van der Waals surface area contributed by atoms with Crippen molar-refractivity contribution in [2.75, 3.05) is 13.1 Å². The molecule has 0 bridgehead atoms. The molecule has 1 aliphatic heterocycles. The van der Waals surface area contributed by atoms with Gasteiger partial charge in [-0.15, -0.1) is 10.2 Å². The van der Waals surface area contributed by atoms with Crippen molar-refractivity contribution in [3.05, 3.63) is 42.5 Å². The normalized spacial score (nSPS) is 18.7. The Labute approximate surface area is 117 Å². The number of rotatable bonds is 3. The second-order valence-corrected chi connectivity index (χ2v) is 4.90. The van der Waals surface area contributed by atoms with E-state index in [4.69, 9.17) is 0 Å². The molecular formula is C14H17N5O. The molecular weight excluding hydrogens is 254 g/mol. The van der Waals surface area contributed by atoms with Gasteiger partial charge in [0.05, 0.1) is 11.3 Å². The van der Waals surface area contributed by atoms with E-state index >= 15 is 0 Å². The Balaban J connectivity index is 1.81. The van der Waals surface area contributed by atoms with Crippen molar-refractivity contribution in [1.82, 2.24) is 25.4 Å². The van der Waals surface area contributed by atoms with Crippen molar-refractivity contribution in [2.24, 2.45) is 0 Å². The number of para-hydroxylation sites is 1. The second kappa shape index (κ2) is 5.83. The van der Waals surface area contributed by atoms with Gasteiger partial charge in [0.1, 0.15) is 12.7 Å². The topological polar surface area (TPSA) is 71.8 Å². The Kier molecular flexibility index (Phi) is 3.73. The standard InChI is InChI=1S/C14H17N5O/c20-14(18-11-4-3-7-15-8-11)12-5-1-2-6-13(12)19-9-16-17-10-19/h1-2,5-6,9-11,15H,3-4,7-8H2,(H,18,20)/t11-/m1/s1. The second-order valence-electron chi connectivity index (χ2n) is 4.90. The number of carbonyl (C=O) groups excluding carboxylic acids is 1. The van der Waals surface area contributed by atoms with E-state index in [0.717, 1.165) is 31.6 Å². The SMILES string of the molecule is O=C(N[C@@H]1CCCNC1)c1ccccc1-n1cnnc1. The van der Waals surface area contributed by atoms with Crippen LogP contribution in [0.3, 0.4) is 0 Å². The van der Waals surface area contributed by atoms with Crippen molar-refractivity contribution in [3.63, 3.8) is 0 Å². The molecule has 0 spiro atoms. The molecule has 3 rings (SSSR count). The van der Waals surface area contributed by atoms with Gasteiger partial charge in [0.2, 0.25) is 0 Å². The number of amides is 1. The molecule has 6 nitrogen and oxygen atoms in total. The van der Waals surface area contributed by atoms with Crippen molar-refractivity contribution in [1.29, 1.82) is 0 Å². The first kappa shape index (κ1) is 12.8. The summed E-state index contributed by atoms with van der Waals surface area (Å²) in [5.74, 6) is -0.0528. The third kappa shape index (κ3) is 2.70. The first-order chi connectivity index (χ1) is 9.84. The lowest BCUT2D eigenvalue weighted by molar-refractivity contribution is 0.0930. The zero-order valence-corrected chi connectivity index (χ0v) is 11.1. The number of benzene rings is 1. The Morgan fingerprint density at radius 1 is 1.30 bits per heavy atom. The molecule has 0 aliphatic carbocycles. The molecule has 104 valence electrons. The quantitative estimate of drug-likeness (QED) is 0.864. The van der Waals surface area contributed by atoms with Crippen LogP contribution in [0, 0.1) is 0 Å². The van der Waals surface area contributed by atoms with Crippen LogP contribution in [-0.2, 0) is 0 Å². The Bertz CT molecular complexity index is 575. The van der Waals surface area contributed by atoms with Crippen molar-refractivity contribution in [3.8, 4) is 5.69 Å². The Hall–Kier alpha value is -2.21. The zero-order valence-electron chi connectivity index (χ0n) is 11.1. The molecule has 6 heteroatoms. The number of aromatic nitrogens is 3. The summed E-state index contributed by atoms with van der Waals surface area (Å²) < 4.78 is 1.74. The highest BCUT2D eigenvalue weighted by Crippen LogP contribution is 2.14. The van der Waals surface area contributed by atoms with Crippen LogP contribution in [0.2, 0.25) is 0 Å². The van der Waals surface area contributed by atoms with E-state index in [-0.39, 0.29) is 11.9 Å². The van der Waals surface area contributed by atoms with Crippen LogP contribution in [0.25, 0.3) is 5.69 Å². The van der Waals surface area contributed by atoms with Gasteiger partial charge < -0.3 is 10.6 Å². The largest absolute Gasteiger partial charge is 0.348 e. The van der Waals surface area contributed by atoms with Crippen molar-refractivity contribution in [2.45, 2.75) is 18.9 Å². The first-order valence-corrected chi connectivity index (χ1v) is 6.80. The fourth-order valence-electron chi connectivity index (χ4n) is 2.45. The van der Waals surface area contributed by atoms with Gasteiger partial charge in [-0.05, 0) is 31.5 Å². The fourth-order valence-corrected chi connectivity index (χ4v) is 2.45. The van der Waals surface area contributed by atoms with Crippen LogP contribution < -0.4 is 10.6 Å². The molecule has 1 saturated heterocycles. The summed E-state index contributed by atoms with van der Waals surface area (Å²) in [6.45, 7) is 1.87. The van der Waals surface area contributed by atoms with Gasteiger partial charge in [-0.3, -0.25) is 9.36 Å². The lowest BCUT2D eigenvalue weighted by Gasteiger charge is -2.24. The lowest BCUT2D eigenvalue weighted by Crippen LogP contribution is -2.45. The predicted octanol–water partition coefficient (Wildman–Crippen LogP) is 0.749. The van der Waals surface area contributed by atoms with Crippen LogP contribution in [0.15, 0.2) is 36.9 Å². The first-order valence-electron chi connectivity index (χ1n) is 6.80. The summed E-state index contributed by atoms with van der Waals surface area (Å²) in [4.78, 5) is 12.4. The molecule has 2 N–H and O–H groups in total. The zero-order chi connectivity index (χ0) is 13.8. The molecule has 1 aromatic carbocycles. The van der Waals surface area contributed by atoms with E-state index in [0.29, 0.717) is 5.56 Å². The molecule has 1 aliphatic rings. The minimum Gasteiger partial charge on any atom is -0.348 e. The number of nitrogens with one attached hydrogen (secondary N) is 2. The maximum atomic E-state index is 12.4. The highest BCUT2D eigenvalue weighted by atomic mass is 16.1. The van der Waals surface area contributed by atoms with Crippen LogP contribution in [0.1, 0.15) is 23.2 Å². The Morgan fingerprint density at radius 2 is 2.10 bits per heavy atom. The molecule has 0 radical (unpaired) electrons. The van der Waals surface area contributed by atoms with Gasteiger partial charge in [0.25, 0.3) is 5.91 Å². The molecule has 0 saturated carbocycles. The van der Waals surface area contributed by atoms with E-state index in [1.54, 1.807) is 17.2 Å². The Morgan fingerprint density at radius 3 is 2.85 bits per heavy atom. The third-order valence-corrected chi connectivity index (χ3v) is 3.48. The maximum absolute atomic E-state index is 12.4. The molecule has 20 heavy (non-hydrogen) atoms. The minimum atomic E-state index is -0.0528. The van der Waals surface area contributed by atoms with Gasteiger partial charge in [-0.1, -0.05) is 12.1 Å². The van der Waals surface area contributed by atoms with Gasteiger partial charge in [0, 0.05) is 12.6 Å². The van der Waals surface area contributed by atoms with Crippen LogP contribution in [0.5, 0.6) is 0 Å². The van der Waals surface area contributed by atoms with E-state index < -0.39 is 0 Å². The maximum Gasteiger partial charge on any atom is 0.253 e. The molecule has 1 atom stereocenters. The predicted molar refractivity (Wildman–Crippen MR) is 74.7 cm³/mol. The van der Waals surface area contributed by atoms with E-state index in [1.165, 1.54) is 0 Å².